The Kier molecular flexibility index (Phi) is 4.67. The molecule has 0 fully saturated rings. The van der Waals surface area contributed by atoms with Crippen LogP contribution in [0.5, 0.6) is 0 Å². The van der Waals surface area contributed by atoms with Crippen LogP contribution in [0.4, 0.5) is 0 Å². The lowest BCUT2D eigenvalue weighted by Crippen LogP contribution is -2.04. The second kappa shape index (κ2) is 6.73. The fourth-order valence-corrected chi connectivity index (χ4v) is 2.92. The van der Waals surface area contributed by atoms with Crippen molar-refractivity contribution in [1.29, 1.82) is 0 Å². The van der Waals surface area contributed by atoms with Crippen LogP contribution in [0.3, 0.4) is 0 Å². The molecule has 0 saturated heterocycles. The molecule has 3 rings (SSSR count). The molecular weight excluding hydrogens is 298 g/mol. The number of H-pyrrole nitrogens is 1. The summed E-state index contributed by atoms with van der Waals surface area (Å²) in [4.78, 5) is 13.0. The van der Waals surface area contributed by atoms with Gasteiger partial charge in [-0.1, -0.05) is 13.8 Å². The number of pyridine rings is 2. The van der Waals surface area contributed by atoms with E-state index in [9.17, 15) is 0 Å². The van der Waals surface area contributed by atoms with Gasteiger partial charge in [0.05, 0.1) is 29.0 Å². The van der Waals surface area contributed by atoms with Crippen molar-refractivity contribution >= 4 is 11.0 Å². The van der Waals surface area contributed by atoms with Gasteiger partial charge in [-0.3, -0.25) is 4.98 Å². The smallest absolute Gasteiger partial charge is 0.0915 e. The molecule has 4 nitrogen and oxygen atoms in total. The highest BCUT2D eigenvalue weighted by Crippen LogP contribution is 2.29. The molecule has 0 radical (unpaired) electrons. The molecule has 0 unspecified atom stereocenters. The third-order valence-electron chi connectivity index (χ3n) is 4.32. The van der Waals surface area contributed by atoms with E-state index >= 15 is 0 Å². The van der Waals surface area contributed by atoms with Crippen LogP contribution in [-0.4, -0.2) is 21.6 Å². The quantitative estimate of drug-likeness (QED) is 0.726. The number of aryl methyl sites for hydroxylation is 2. The van der Waals surface area contributed by atoms with Crippen molar-refractivity contribution in [3.05, 3.63) is 46.9 Å². The van der Waals surface area contributed by atoms with Crippen LogP contribution in [0.1, 0.15) is 49.2 Å². The summed E-state index contributed by atoms with van der Waals surface area (Å²) >= 11 is 0. The Morgan fingerprint density at radius 2 is 1.92 bits per heavy atom. The highest BCUT2D eigenvalue weighted by molar-refractivity contribution is 5.83. The molecule has 24 heavy (non-hydrogen) atoms. The van der Waals surface area contributed by atoms with Gasteiger partial charge in [-0.05, 0) is 56.0 Å². The molecular formula is C20H25N3O. The Hall–Kier alpha value is -2.20. The molecule has 0 aromatic carbocycles. The average Bonchev–Trinajstić information content (AvgIpc) is 2.92. The van der Waals surface area contributed by atoms with Gasteiger partial charge in [-0.25, -0.2) is 4.98 Å². The molecule has 0 saturated carbocycles. The van der Waals surface area contributed by atoms with Gasteiger partial charge >= 0.3 is 0 Å². The summed E-state index contributed by atoms with van der Waals surface area (Å²) in [6, 6.07) is 6.40. The summed E-state index contributed by atoms with van der Waals surface area (Å²) in [5, 5.41) is 0. The fraction of sp³-hybridized carbons (Fsp3) is 0.400. The van der Waals surface area contributed by atoms with E-state index < -0.39 is 0 Å². The first-order valence-electron chi connectivity index (χ1n) is 8.54. The second-order valence-electron chi connectivity index (χ2n) is 6.54. The zero-order chi connectivity index (χ0) is 17.3. The predicted molar refractivity (Wildman–Crippen MR) is 98.2 cm³/mol. The van der Waals surface area contributed by atoms with E-state index in [1.165, 1.54) is 0 Å². The highest BCUT2D eigenvalue weighted by atomic mass is 16.5. The van der Waals surface area contributed by atoms with Crippen molar-refractivity contribution in [2.24, 2.45) is 0 Å². The number of hydrogen-bond acceptors (Lipinski definition) is 3. The third kappa shape index (κ3) is 3.06. The summed E-state index contributed by atoms with van der Waals surface area (Å²) in [5.41, 5.74) is 8.50. The van der Waals surface area contributed by atoms with Crippen molar-refractivity contribution in [1.82, 2.24) is 15.0 Å². The molecule has 3 aromatic heterocycles. The second-order valence-corrected chi connectivity index (χ2v) is 6.54. The third-order valence-corrected chi connectivity index (χ3v) is 4.32. The van der Waals surface area contributed by atoms with Gasteiger partial charge in [0.25, 0.3) is 0 Å². The molecule has 126 valence electrons. The maximum atomic E-state index is 5.66. The molecule has 0 spiro atoms. The van der Waals surface area contributed by atoms with Crippen LogP contribution in [0.2, 0.25) is 0 Å². The Labute approximate surface area is 143 Å². The van der Waals surface area contributed by atoms with E-state index in [0.717, 1.165) is 44.8 Å². The molecule has 3 heterocycles. The van der Waals surface area contributed by atoms with E-state index in [2.05, 4.69) is 50.9 Å². The van der Waals surface area contributed by atoms with E-state index in [-0.39, 0.29) is 0 Å². The minimum atomic E-state index is 0.392. The monoisotopic (exact) mass is 323 g/mol. The number of aromatic amines is 1. The Balaban J connectivity index is 2.16. The van der Waals surface area contributed by atoms with Gasteiger partial charge < -0.3 is 9.72 Å². The minimum Gasteiger partial charge on any atom is -0.375 e. The zero-order valence-corrected chi connectivity index (χ0v) is 15.1. The highest BCUT2D eigenvalue weighted by Gasteiger charge is 2.15. The summed E-state index contributed by atoms with van der Waals surface area (Å²) in [6.07, 6.45) is 2.00. The molecule has 0 atom stereocenters. The van der Waals surface area contributed by atoms with Crippen LogP contribution in [0.25, 0.3) is 22.3 Å². The summed E-state index contributed by atoms with van der Waals surface area (Å²) in [5.74, 6) is 0.392. The van der Waals surface area contributed by atoms with Crippen LogP contribution in [-0.2, 0) is 11.3 Å². The summed E-state index contributed by atoms with van der Waals surface area (Å²) in [6.45, 7) is 11.7. The molecule has 3 aromatic rings. The van der Waals surface area contributed by atoms with Crippen LogP contribution < -0.4 is 0 Å². The van der Waals surface area contributed by atoms with Gasteiger partial charge in [0, 0.05) is 24.1 Å². The predicted octanol–water partition coefficient (Wildman–Crippen LogP) is 4.90. The number of fused-ring (bicyclic) bond motifs is 1. The number of rotatable bonds is 5. The first kappa shape index (κ1) is 16.7. The molecule has 4 heteroatoms. The number of hydrogen-bond donors (Lipinski definition) is 1. The number of aromatic nitrogens is 3. The average molecular weight is 323 g/mol. The molecule has 0 aliphatic heterocycles. The van der Waals surface area contributed by atoms with Crippen molar-refractivity contribution in [3.8, 4) is 11.3 Å². The maximum absolute atomic E-state index is 5.66. The van der Waals surface area contributed by atoms with Gasteiger partial charge in [0.2, 0.25) is 0 Å². The lowest BCUT2D eigenvalue weighted by atomic mass is 10.0. The Morgan fingerprint density at radius 3 is 2.62 bits per heavy atom. The molecule has 0 aliphatic rings. The number of nitrogens with one attached hydrogen (secondary N) is 1. The molecule has 0 amide bonds. The largest absolute Gasteiger partial charge is 0.375 e. The van der Waals surface area contributed by atoms with Crippen LogP contribution in [0, 0.1) is 13.8 Å². The van der Waals surface area contributed by atoms with E-state index in [4.69, 9.17) is 14.7 Å². The number of ether oxygens (including phenoxy) is 1. The van der Waals surface area contributed by atoms with Crippen molar-refractivity contribution in [2.75, 3.05) is 6.61 Å². The lowest BCUT2D eigenvalue weighted by Gasteiger charge is -2.14. The molecule has 1 N–H and O–H groups in total. The Morgan fingerprint density at radius 1 is 1.12 bits per heavy atom. The van der Waals surface area contributed by atoms with Crippen LogP contribution in [0.15, 0.2) is 24.4 Å². The van der Waals surface area contributed by atoms with Crippen molar-refractivity contribution in [2.45, 2.75) is 47.1 Å². The molecule has 0 aliphatic carbocycles. The standard InChI is InChI=1S/C20H25N3O/c1-6-24-11-18-15(7-8-16(22-18)12(2)3)19-13(4)9-17-20(23-19)14(5)10-21-17/h7-10,12,21H,6,11H2,1-5H3. The van der Waals surface area contributed by atoms with Gasteiger partial charge in [-0.2, -0.15) is 0 Å². The van der Waals surface area contributed by atoms with E-state index in [1.54, 1.807) is 0 Å². The van der Waals surface area contributed by atoms with Crippen LogP contribution >= 0.6 is 0 Å². The first-order chi connectivity index (χ1) is 11.5. The number of nitrogens with zero attached hydrogens (tertiary/aromatic N) is 2. The summed E-state index contributed by atoms with van der Waals surface area (Å²) in [7, 11) is 0. The fourth-order valence-electron chi connectivity index (χ4n) is 2.92. The zero-order valence-electron chi connectivity index (χ0n) is 15.1. The normalized spacial score (nSPS) is 11.6. The van der Waals surface area contributed by atoms with E-state index in [1.807, 2.05) is 13.1 Å². The lowest BCUT2D eigenvalue weighted by molar-refractivity contribution is 0.131. The summed E-state index contributed by atoms with van der Waals surface area (Å²) < 4.78 is 5.66. The minimum absolute atomic E-state index is 0.392. The molecule has 0 bridgehead atoms. The van der Waals surface area contributed by atoms with E-state index in [0.29, 0.717) is 19.1 Å². The SMILES string of the molecule is CCOCc1nc(C(C)C)ccc1-c1nc2c(C)c[nH]c2cc1C. The van der Waals surface area contributed by atoms with Crippen molar-refractivity contribution in [3.63, 3.8) is 0 Å². The van der Waals surface area contributed by atoms with Gasteiger partial charge in [0.15, 0.2) is 0 Å². The van der Waals surface area contributed by atoms with Gasteiger partial charge in [-0.15, -0.1) is 0 Å². The Bertz CT molecular complexity index is 865. The first-order valence-corrected chi connectivity index (χ1v) is 8.54. The topological polar surface area (TPSA) is 50.8 Å². The maximum Gasteiger partial charge on any atom is 0.0915 e. The van der Waals surface area contributed by atoms with Gasteiger partial charge in [0.1, 0.15) is 0 Å². The van der Waals surface area contributed by atoms with Crippen molar-refractivity contribution < 1.29 is 4.74 Å².